The Morgan fingerprint density at radius 1 is 1.19 bits per heavy atom. The van der Waals surface area contributed by atoms with E-state index in [1.54, 1.807) is 0 Å². The Kier molecular flexibility index (Phi) is 3.92. The van der Waals surface area contributed by atoms with Gasteiger partial charge in [0.1, 0.15) is 0 Å². The first-order valence-corrected chi connectivity index (χ1v) is 9.85. The summed E-state index contributed by atoms with van der Waals surface area (Å²) in [5.74, 6) is 1.51. The second-order valence-electron chi connectivity index (χ2n) is 8.03. The number of carbonyl (C=O) groups is 1. The van der Waals surface area contributed by atoms with Crippen molar-refractivity contribution in [2.75, 3.05) is 0 Å². The smallest absolute Gasteiger partial charge is 0.224 e. The molecule has 1 saturated carbocycles. The van der Waals surface area contributed by atoms with Gasteiger partial charge in [-0.2, -0.15) is 5.10 Å². The molecule has 1 amide bonds. The lowest BCUT2D eigenvalue weighted by atomic mass is 9.89. The van der Waals surface area contributed by atoms with E-state index in [9.17, 15) is 4.79 Å². The van der Waals surface area contributed by atoms with Gasteiger partial charge in [-0.15, -0.1) is 0 Å². The fourth-order valence-corrected chi connectivity index (χ4v) is 5.02. The van der Waals surface area contributed by atoms with E-state index in [1.165, 1.54) is 23.2 Å². The highest BCUT2D eigenvalue weighted by Crippen LogP contribution is 2.44. The number of allylic oxidation sites excluding steroid dienone is 2. The van der Waals surface area contributed by atoms with Gasteiger partial charge in [-0.1, -0.05) is 42.5 Å². The van der Waals surface area contributed by atoms with Crippen LogP contribution in [-0.4, -0.2) is 15.7 Å². The largest absolute Gasteiger partial charge is 0.349 e. The van der Waals surface area contributed by atoms with Gasteiger partial charge in [0.2, 0.25) is 5.91 Å². The van der Waals surface area contributed by atoms with Crippen molar-refractivity contribution in [3.8, 4) is 0 Å². The standard InChI is InChI=1S/C22H25N3O/c26-22(18-12-16-9-10-17(18)11-16)24-20-7-4-8-21-19(20)13-23-25(21)14-15-5-2-1-3-6-15/h1-3,5-6,9-10,13,16-18,20H,4,7-8,11-12,14H2,(H,24,26)/t16-,17-,18+,20+/m0/s1. The molecule has 2 bridgehead atoms. The summed E-state index contributed by atoms with van der Waals surface area (Å²) in [6, 6.07) is 10.6. The molecule has 0 spiro atoms. The van der Waals surface area contributed by atoms with E-state index >= 15 is 0 Å². The molecule has 0 aliphatic heterocycles. The quantitative estimate of drug-likeness (QED) is 0.859. The molecule has 1 N–H and O–H groups in total. The number of nitrogens with one attached hydrogen (secondary N) is 1. The molecule has 4 heteroatoms. The van der Waals surface area contributed by atoms with Gasteiger partial charge in [0.15, 0.2) is 0 Å². The zero-order valence-corrected chi connectivity index (χ0v) is 15.0. The van der Waals surface area contributed by atoms with Crippen LogP contribution in [0.25, 0.3) is 0 Å². The van der Waals surface area contributed by atoms with Crippen molar-refractivity contribution in [2.24, 2.45) is 17.8 Å². The molecule has 0 unspecified atom stereocenters. The Balaban J connectivity index is 1.32. The van der Waals surface area contributed by atoms with E-state index in [1.807, 2.05) is 12.3 Å². The van der Waals surface area contributed by atoms with Gasteiger partial charge in [-0.25, -0.2) is 0 Å². The lowest BCUT2D eigenvalue weighted by molar-refractivity contribution is -0.126. The maximum Gasteiger partial charge on any atom is 0.224 e. The SMILES string of the molecule is O=C(N[C@@H]1CCCc2c1cnn2Cc1ccccc1)[C@@H]1C[C@H]2C=C[C@H]1C2. The number of rotatable bonds is 4. The highest BCUT2D eigenvalue weighted by Gasteiger charge is 2.40. The Morgan fingerprint density at radius 2 is 2.08 bits per heavy atom. The normalized spacial score (nSPS) is 28.9. The molecule has 26 heavy (non-hydrogen) atoms. The van der Waals surface area contributed by atoms with E-state index < -0.39 is 0 Å². The van der Waals surface area contributed by atoms with Crippen molar-refractivity contribution in [1.82, 2.24) is 15.1 Å². The maximum atomic E-state index is 12.8. The first kappa shape index (κ1) is 15.9. The minimum Gasteiger partial charge on any atom is -0.349 e. The van der Waals surface area contributed by atoms with Crippen LogP contribution in [0.3, 0.4) is 0 Å². The number of hydrogen-bond donors (Lipinski definition) is 1. The first-order chi connectivity index (χ1) is 12.8. The molecule has 1 aromatic carbocycles. The van der Waals surface area contributed by atoms with Crippen LogP contribution in [0.1, 0.15) is 48.5 Å². The van der Waals surface area contributed by atoms with E-state index in [0.29, 0.717) is 11.8 Å². The number of amides is 1. The molecule has 1 aromatic heterocycles. The Labute approximate surface area is 154 Å². The molecule has 1 fully saturated rings. The minimum absolute atomic E-state index is 0.124. The van der Waals surface area contributed by atoms with Crippen LogP contribution < -0.4 is 5.32 Å². The molecular formula is C22H25N3O. The number of benzene rings is 1. The molecular weight excluding hydrogens is 322 g/mol. The van der Waals surface area contributed by atoms with E-state index in [0.717, 1.165) is 32.2 Å². The fourth-order valence-electron chi connectivity index (χ4n) is 5.02. The molecule has 0 saturated heterocycles. The van der Waals surface area contributed by atoms with E-state index in [2.05, 4.69) is 51.5 Å². The van der Waals surface area contributed by atoms with Gasteiger partial charge in [0.05, 0.1) is 18.8 Å². The van der Waals surface area contributed by atoms with Crippen molar-refractivity contribution < 1.29 is 4.79 Å². The topological polar surface area (TPSA) is 46.9 Å². The summed E-state index contributed by atoms with van der Waals surface area (Å²) in [7, 11) is 0. The maximum absolute atomic E-state index is 12.8. The molecule has 5 rings (SSSR count). The molecule has 4 nitrogen and oxygen atoms in total. The Hall–Kier alpha value is -2.36. The van der Waals surface area contributed by atoms with Gasteiger partial charge in [-0.05, 0) is 49.5 Å². The van der Waals surface area contributed by atoms with Crippen LogP contribution in [0.2, 0.25) is 0 Å². The van der Waals surface area contributed by atoms with Gasteiger partial charge in [-0.3, -0.25) is 9.48 Å². The monoisotopic (exact) mass is 347 g/mol. The molecule has 2 aromatic rings. The van der Waals surface area contributed by atoms with Crippen LogP contribution in [0.5, 0.6) is 0 Å². The van der Waals surface area contributed by atoms with Crippen molar-refractivity contribution >= 4 is 5.91 Å². The number of aromatic nitrogens is 2. The van der Waals surface area contributed by atoms with E-state index in [4.69, 9.17) is 0 Å². The van der Waals surface area contributed by atoms with Gasteiger partial charge in [0, 0.05) is 17.2 Å². The third-order valence-corrected chi connectivity index (χ3v) is 6.37. The average molecular weight is 347 g/mol. The number of hydrogen-bond acceptors (Lipinski definition) is 2. The summed E-state index contributed by atoms with van der Waals surface area (Å²) < 4.78 is 2.11. The van der Waals surface area contributed by atoms with Crippen molar-refractivity contribution in [3.63, 3.8) is 0 Å². The molecule has 3 aliphatic carbocycles. The summed E-state index contributed by atoms with van der Waals surface area (Å²) in [6.45, 7) is 0.800. The van der Waals surface area contributed by atoms with Gasteiger partial charge in [0.25, 0.3) is 0 Å². The molecule has 0 radical (unpaired) electrons. The highest BCUT2D eigenvalue weighted by molar-refractivity contribution is 5.80. The highest BCUT2D eigenvalue weighted by atomic mass is 16.2. The molecule has 1 heterocycles. The van der Waals surface area contributed by atoms with Crippen molar-refractivity contribution in [2.45, 2.75) is 44.7 Å². The van der Waals surface area contributed by atoms with Crippen LogP contribution in [0, 0.1) is 17.8 Å². The summed E-state index contributed by atoms with van der Waals surface area (Å²) in [5.41, 5.74) is 3.77. The second-order valence-corrected chi connectivity index (χ2v) is 8.03. The lowest BCUT2D eigenvalue weighted by Gasteiger charge is -2.27. The molecule has 3 aliphatic rings. The Bertz CT molecular complexity index is 838. The third kappa shape index (κ3) is 2.77. The zero-order valence-electron chi connectivity index (χ0n) is 15.0. The van der Waals surface area contributed by atoms with Crippen molar-refractivity contribution in [3.05, 3.63) is 65.5 Å². The average Bonchev–Trinajstić information content (AvgIpc) is 3.39. The third-order valence-electron chi connectivity index (χ3n) is 6.37. The van der Waals surface area contributed by atoms with Crippen LogP contribution >= 0.6 is 0 Å². The first-order valence-electron chi connectivity index (χ1n) is 9.85. The fraction of sp³-hybridized carbons (Fsp3) is 0.455. The summed E-state index contributed by atoms with van der Waals surface area (Å²) in [5, 5.41) is 7.99. The lowest BCUT2D eigenvalue weighted by Crippen LogP contribution is -2.37. The predicted molar refractivity (Wildman–Crippen MR) is 100 cm³/mol. The number of fused-ring (bicyclic) bond motifs is 3. The number of nitrogens with zero attached hydrogens (tertiary/aromatic N) is 2. The summed E-state index contributed by atoms with van der Waals surface area (Å²) >= 11 is 0. The van der Waals surface area contributed by atoms with E-state index in [-0.39, 0.29) is 17.9 Å². The Morgan fingerprint density at radius 3 is 2.85 bits per heavy atom. The van der Waals surface area contributed by atoms with Gasteiger partial charge >= 0.3 is 0 Å². The van der Waals surface area contributed by atoms with Crippen molar-refractivity contribution in [1.29, 1.82) is 0 Å². The van der Waals surface area contributed by atoms with Crippen LogP contribution in [0.4, 0.5) is 0 Å². The predicted octanol–water partition coefficient (Wildman–Crippen LogP) is 3.64. The second kappa shape index (κ2) is 6.42. The summed E-state index contributed by atoms with van der Waals surface area (Å²) in [4.78, 5) is 12.8. The van der Waals surface area contributed by atoms with Crippen LogP contribution in [-0.2, 0) is 17.8 Å². The van der Waals surface area contributed by atoms with Gasteiger partial charge < -0.3 is 5.32 Å². The minimum atomic E-state index is 0.124. The number of carbonyl (C=O) groups excluding carboxylic acids is 1. The molecule has 134 valence electrons. The summed E-state index contributed by atoms with van der Waals surface area (Å²) in [6.07, 6.45) is 11.9. The van der Waals surface area contributed by atoms with Crippen LogP contribution in [0.15, 0.2) is 48.7 Å². The molecule has 4 atom stereocenters. The zero-order chi connectivity index (χ0) is 17.5.